The molecule has 3 aromatic rings. The van der Waals surface area contributed by atoms with Gasteiger partial charge in [-0.1, -0.05) is 42.8 Å². The van der Waals surface area contributed by atoms with Gasteiger partial charge in [0, 0.05) is 17.1 Å². The van der Waals surface area contributed by atoms with E-state index in [1.807, 2.05) is 0 Å². The van der Waals surface area contributed by atoms with Crippen LogP contribution in [0.5, 0.6) is 5.75 Å². The number of phenols is 1. The summed E-state index contributed by atoms with van der Waals surface area (Å²) >= 11 is 5.90. The minimum absolute atomic E-state index is 0.00556. The fourth-order valence-corrected chi connectivity index (χ4v) is 6.47. The third-order valence-electron chi connectivity index (χ3n) is 5.90. The average molecular weight is 593 g/mol. The molecule has 0 unspecified atom stereocenters. The normalized spacial score (nSPS) is 12.6. The van der Waals surface area contributed by atoms with E-state index in [1.54, 1.807) is 44.2 Å². The molecule has 0 aromatic heterocycles. The summed E-state index contributed by atoms with van der Waals surface area (Å²) in [6.07, 6.45) is 0.202. The van der Waals surface area contributed by atoms with Crippen molar-refractivity contribution in [1.29, 1.82) is 0 Å². The number of ketones is 1. The lowest BCUT2D eigenvalue weighted by molar-refractivity contribution is -0.118. The topological polar surface area (TPSA) is 147 Å². The van der Waals surface area contributed by atoms with E-state index in [4.69, 9.17) is 11.6 Å². The maximum absolute atomic E-state index is 12.7. The molecule has 0 saturated carbocycles. The van der Waals surface area contributed by atoms with Gasteiger partial charge < -0.3 is 10.4 Å². The number of benzene rings is 3. The van der Waals surface area contributed by atoms with Crippen LogP contribution in [0, 0.1) is 6.92 Å². The lowest BCUT2D eigenvalue weighted by Crippen LogP contribution is -2.43. The molecule has 0 radical (unpaired) electrons. The Bertz CT molecular complexity index is 1570. The third-order valence-corrected chi connectivity index (χ3v) is 9.03. The molecule has 0 aliphatic carbocycles. The largest absolute Gasteiger partial charge is 0.508 e. The highest BCUT2D eigenvalue weighted by Gasteiger charge is 2.25. The van der Waals surface area contributed by atoms with Crippen molar-refractivity contribution in [1.82, 2.24) is 10.0 Å². The molecule has 3 aromatic carbocycles. The van der Waals surface area contributed by atoms with Gasteiger partial charge in [0.2, 0.25) is 10.0 Å². The maximum Gasteiger partial charge on any atom is 0.251 e. The highest BCUT2D eigenvalue weighted by Crippen LogP contribution is 2.20. The van der Waals surface area contributed by atoms with Crippen molar-refractivity contribution in [2.24, 2.45) is 0 Å². The van der Waals surface area contributed by atoms with Gasteiger partial charge in [-0.05, 0) is 72.5 Å². The summed E-state index contributed by atoms with van der Waals surface area (Å²) in [4.78, 5) is 25.4. The molecule has 0 fully saturated rings. The van der Waals surface area contributed by atoms with Gasteiger partial charge in [0.1, 0.15) is 11.5 Å². The van der Waals surface area contributed by atoms with E-state index in [-0.39, 0.29) is 34.9 Å². The van der Waals surface area contributed by atoms with Gasteiger partial charge >= 0.3 is 0 Å². The Hall–Kier alpha value is -3.25. The summed E-state index contributed by atoms with van der Waals surface area (Å²) in [7, 11) is -7.61. The van der Waals surface area contributed by atoms with E-state index in [2.05, 4.69) is 10.0 Å². The van der Waals surface area contributed by atoms with Crippen molar-refractivity contribution in [3.63, 3.8) is 0 Å². The summed E-state index contributed by atoms with van der Waals surface area (Å²) in [5.41, 5.74) is 1.70. The van der Waals surface area contributed by atoms with E-state index >= 15 is 0 Å². The monoisotopic (exact) mass is 592 g/mol. The van der Waals surface area contributed by atoms with Crippen LogP contribution in [0.4, 0.5) is 0 Å². The maximum atomic E-state index is 12.7. The first kappa shape index (κ1) is 30.3. The number of phenolic OH excluding ortho intramolecular Hbond substituents is 1. The first-order valence-electron chi connectivity index (χ1n) is 12.0. The molecule has 0 saturated heterocycles. The number of nitrogens with one attached hydrogen (secondary N) is 2. The number of sulfonamides is 1. The minimum Gasteiger partial charge on any atom is -0.508 e. The van der Waals surface area contributed by atoms with Crippen molar-refractivity contribution >= 4 is 43.2 Å². The molecule has 39 heavy (non-hydrogen) atoms. The van der Waals surface area contributed by atoms with Gasteiger partial charge in [0.15, 0.2) is 15.6 Å². The molecule has 1 atom stereocenters. The Balaban J connectivity index is 1.58. The van der Waals surface area contributed by atoms with Gasteiger partial charge in [-0.2, -0.15) is 0 Å². The lowest BCUT2D eigenvalue weighted by Gasteiger charge is -2.16. The van der Waals surface area contributed by atoms with Crippen LogP contribution >= 0.6 is 11.6 Å². The van der Waals surface area contributed by atoms with Crippen molar-refractivity contribution in [2.75, 3.05) is 5.75 Å². The fourth-order valence-electron chi connectivity index (χ4n) is 3.73. The van der Waals surface area contributed by atoms with Crippen LogP contribution in [0.25, 0.3) is 0 Å². The predicted octanol–water partition coefficient (Wildman–Crippen LogP) is 3.53. The number of amides is 1. The number of Topliss-reactive ketones (excluding diaryl/α,β-unsaturated/α-hetero) is 1. The number of aryl methyl sites for hydroxylation is 1. The lowest BCUT2D eigenvalue weighted by atomic mass is 10.1. The van der Waals surface area contributed by atoms with E-state index in [9.17, 15) is 31.5 Å². The predicted molar refractivity (Wildman–Crippen MR) is 149 cm³/mol. The minimum atomic E-state index is -3.82. The standard InChI is InChI=1S/C27H29ClN2O7S2/c1-3-24(26(32)17-38(34,35)16-20-5-4-6-22(28)14-20)30-27(33)21-9-7-19(8-10-21)15-29-39(36,37)23-11-12-25(31)18(2)13-23/h4-14,24,29,31H,3,15-17H2,1-2H3,(H,30,33)/t24-/m0/s1. The van der Waals surface area contributed by atoms with Crippen molar-refractivity contribution in [3.8, 4) is 5.75 Å². The number of sulfone groups is 1. The SMILES string of the molecule is CC[C@H](NC(=O)c1ccc(CNS(=O)(=O)c2ccc(O)c(C)c2)cc1)C(=O)CS(=O)(=O)Cc1cccc(Cl)c1. The highest BCUT2D eigenvalue weighted by atomic mass is 35.5. The Labute approximate surface area is 233 Å². The van der Waals surface area contributed by atoms with E-state index in [1.165, 1.54) is 36.4 Å². The van der Waals surface area contributed by atoms with Gasteiger partial charge in [-0.15, -0.1) is 0 Å². The third kappa shape index (κ3) is 8.62. The van der Waals surface area contributed by atoms with E-state index in [0.29, 0.717) is 21.7 Å². The Morgan fingerprint density at radius 3 is 2.26 bits per heavy atom. The molecule has 0 aliphatic heterocycles. The fraction of sp³-hybridized carbons (Fsp3) is 0.259. The zero-order valence-corrected chi connectivity index (χ0v) is 23.7. The zero-order valence-electron chi connectivity index (χ0n) is 21.3. The molecular weight excluding hydrogens is 564 g/mol. The molecule has 9 nitrogen and oxygen atoms in total. The van der Waals surface area contributed by atoms with Crippen molar-refractivity contribution in [2.45, 2.75) is 43.5 Å². The van der Waals surface area contributed by atoms with Crippen LogP contribution in [0.2, 0.25) is 5.02 Å². The Morgan fingerprint density at radius 2 is 1.64 bits per heavy atom. The summed E-state index contributed by atoms with van der Waals surface area (Å²) in [5, 5.41) is 12.6. The van der Waals surface area contributed by atoms with Gasteiger partial charge in [-0.3, -0.25) is 9.59 Å². The number of rotatable bonds is 12. The smallest absolute Gasteiger partial charge is 0.251 e. The zero-order chi connectivity index (χ0) is 28.8. The molecule has 208 valence electrons. The van der Waals surface area contributed by atoms with Gasteiger partial charge in [-0.25, -0.2) is 21.6 Å². The Morgan fingerprint density at radius 1 is 0.949 bits per heavy atom. The van der Waals surface area contributed by atoms with Crippen LogP contribution in [-0.4, -0.2) is 45.4 Å². The summed E-state index contributed by atoms with van der Waals surface area (Å²) in [6.45, 7) is 3.22. The number of hydrogen-bond acceptors (Lipinski definition) is 7. The van der Waals surface area contributed by atoms with Crippen LogP contribution in [0.1, 0.15) is 40.4 Å². The summed E-state index contributed by atoms with van der Waals surface area (Å²) < 4.78 is 52.7. The summed E-state index contributed by atoms with van der Waals surface area (Å²) in [6, 6.07) is 15.4. The van der Waals surface area contributed by atoms with Crippen LogP contribution in [-0.2, 0) is 37.0 Å². The second-order valence-corrected chi connectivity index (χ2v) is 13.3. The molecule has 3 N–H and O–H groups in total. The van der Waals surface area contributed by atoms with Crippen LogP contribution in [0.3, 0.4) is 0 Å². The first-order valence-corrected chi connectivity index (χ1v) is 15.6. The average Bonchev–Trinajstić information content (AvgIpc) is 2.87. The molecule has 0 heterocycles. The van der Waals surface area contributed by atoms with Gasteiger partial charge in [0.05, 0.1) is 16.7 Å². The van der Waals surface area contributed by atoms with Crippen LogP contribution in [0.15, 0.2) is 71.6 Å². The highest BCUT2D eigenvalue weighted by molar-refractivity contribution is 7.91. The first-order chi connectivity index (χ1) is 18.3. The molecule has 1 amide bonds. The quantitative estimate of drug-likeness (QED) is 0.291. The molecule has 3 rings (SSSR count). The summed E-state index contributed by atoms with van der Waals surface area (Å²) in [5.74, 6) is -2.26. The Kier molecular flexibility index (Phi) is 9.89. The van der Waals surface area contributed by atoms with E-state index in [0.717, 1.165) is 0 Å². The molecule has 0 aliphatic rings. The second-order valence-electron chi connectivity index (χ2n) is 9.03. The van der Waals surface area contributed by atoms with Crippen LogP contribution < -0.4 is 10.0 Å². The molecular formula is C27H29ClN2O7S2. The molecule has 12 heteroatoms. The molecule has 0 spiro atoms. The number of carbonyl (C=O) groups is 2. The van der Waals surface area contributed by atoms with Gasteiger partial charge in [0.25, 0.3) is 5.91 Å². The number of carbonyl (C=O) groups excluding carboxylic acids is 2. The number of halogens is 1. The number of aromatic hydroxyl groups is 1. The molecule has 0 bridgehead atoms. The van der Waals surface area contributed by atoms with E-state index < -0.39 is 43.3 Å². The van der Waals surface area contributed by atoms with Crippen molar-refractivity contribution < 1.29 is 31.5 Å². The second kappa shape index (κ2) is 12.7. The number of hydrogen-bond donors (Lipinski definition) is 3. The van der Waals surface area contributed by atoms with Crippen molar-refractivity contribution in [3.05, 3.63) is 94.0 Å².